The molecule has 0 bridgehead atoms. The fourth-order valence-electron chi connectivity index (χ4n) is 1.62. The summed E-state index contributed by atoms with van der Waals surface area (Å²) in [6.07, 6.45) is 3.02. The third kappa shape index (κ3) is 3.52. The maximum Gasteiger partial charge on any atom is 0.0667 e. The smallest absolute Gasteiger partial charge is 0.0667 e. The molecule has 1 saturated heterocycles. The Balaban J connectivity index is 2.14. The molecule has 3 heteroatoms. The van der Waals surface area contributed by atoms with Crippen molar-refractivity contribution in [2.24, 2.45) is 5.73 Å². The zero-order valence-electron chi connectivity index (χ0n) is 7.87. The summed E-state index contributed by atoms with van der Waals surface area (Å²) in [6, 6.07) is 0.282. The lowest BCUT2D eigenvalue weighted by molar-refractivity contribution is 0.0694. The van der Waals surface area contributed by atoms with Crippen molar-refractivity contribution in [3.8, 4) is 0 Å². The maximum absolute atomic E-state index is 9.37. The molecular weight excluding hydrogens is 152 g/mol. The highest BCUT2D eigenvalue weighted by molar-refractivity contribution is 4.72. The van der Waals surface area contributed by atoms with Crippen LogP contribution in [0.5, 0.6) is 0 Å². The van der Waals surface area contributed by atoms with Crippen molar-refractivity contribution in [2.45, 2.75) is 38.3 Å². The van der Waals surface area contributed by atoms with E-state index in [1.807, 2.05) is 6.92 Å². The Bertz CT molecular complexity index is 128. The van der Waals surface area contributed by atoms with Crippen LogP contribution in [0.4, 0.5) is 0 Å². The average Bonchev–Trinajstić information content (AvgIpc) is 2.01. The molecule has 0 radical (unpaired) electrons. The lowest BCUT2D eigenvalue weighted by Crippen LogP contribution is -2.40. The minimum atomic E-state index is -0.105. The standard InChI is InChI=1S/C9H20N2O/c1-8(10)4-6-11-5-2-3-9(12)7-11/h8-9,12H,2-7,10H2,1H3. The first-order valence-electron chi connectivity index (χ1n) is 4.84. The lowest BCUT2D eigenvalue weighted by atomic mass is 10.1. The summed E-state index contributed by atoms with van der Waals surface area (Å²) >= 11 is 0. The van der Waals surface area contributed by atoms with E-state index in [-0.39, 0.29) is 12.1 Å². The van der Waals surface area contributed by atoms with Crippen molar-refractivity contribution < 1.29 is 5.11 Å². The lowest BCUT2D eigenvalue weighted by Gasteiger charge is -2.30. The Labute approximate surface area is 74.5 Å². The largest absolute Gasteiger partial charge is 0.392 e. The highest BCUT2D eigenvalue weighted by Crippen LogP contribution is 2.09. The number of rotatable bonds is 3. The van der Waals surface area contributed by atoms with E-state index in [1.54, 1.807) is 0 Å². The van der Waals surface area contributed by atoms with E-state index in [9.17, 15) is 5.11 Å². The summed E-state index contributed by atoms with van der Waals surface area (Å²) in [6.45, 7) is 5.03. The van der Waals surface area contributed by atoms with Gasteiger partial charge >= 0.3 is 0 Å². The number of β-amino-alcohol motifs (C(OH)–C–C–N with tert-alkyl or cyclic N) is 1. The molecule has 1 heterocycles. The second-order valence-electron chi connectivity index (χ2n) is 3.86. The molecule has 12 heavy (non-hydrogen) atoms. The van der Waals surface area contributed by atoms with Gasteiger partial charge in [0.15, 0.2) is 0 Å². The van der Waals surface area contributed by atoms with E-state index in [4.69, 9.17) is 5.73 Å². The van der Waals surface area contributed by atoms with Crippen LogP contribution >= 0.6 is 0 Å². The minimum Gasteiger partial charge on any atom is -0.392 e. The normalized spacial score (nSPS) is 28.8. The Kier molecular flexibility index (Phi) is 3.98. The van der Waals surface area contributed by atoms with Gasteiger partial charge in [-0.1, -0.05) is 0 Å². The van der Waals surface area contributed by atoms with Crippen LogP contribution < -0.4 is 5.73 Å². The fraction of sp³-hybridized carbons (Fsp3) is 1.00. The van der Waals surface area contributed by atoms with Gasteiger partial charge in [-0.15, -0.1) is 0 Å². The number of piperidine rings is 1. The first-order valence-corrected chi connectivity index (χ1v) is 4.84. The van der Waals surface area contributed by atoms with Crippen LogP contribution in [0.1, 0.15) is 26.2 Å². The summed E-state index contributed by atoms with van der Waals surface area (Å²) in [5, 5.41) is 9.37. The Morgan fingerprint density at radius 3 is 3.00 bits per heavy atom. The van der Waals surface area contributed by atoms with Crippen molar-refractivity contribution in [1.29, 1.82) is 0 Å². The third-order valence-corrected chi connectivity index (χ3v) is 2.38. The Morgan fingerprint density at radius 2 is 2.42 bits per heavy atom. The second kappa shape index (κ2) is 4.80. The SMILES string of the molecule is CC(N)CCN1CCCC(O)C1. The topological polar surface area (TPSA) is 49.5 Å². The van der Waals surface area contributed by atoms with E-state index in [0.717, 1.165) is 38.9 Å². The molecule has 0 spiro atoms. The molecular formula is C9H20N2O. The molecule has 1 fully saturated rings. The molecule has 2 unspecified atom stereocenters. The molecule has 0 aromatic heterocycles. The van der Waals surface area contributed by atoms with Gasteiger partial charge in [-0.25, -0.2) is 0 Å². The molecule has 72 valence electrons. The molecule has 1 aliphatic heterocycles. The minimum absolute atomic E-state index is 0.105. The van der Waals surface area contributed by atoms with E-state index >= 15 is 0 Å². The molecule has 0 aromatic carbocycles. The van der Waals surface area contributed by atoms with Gasteiger partial charge in [0.2, 0.25) is 0 Å². The first-order chi connectivity index (χ1) is 5.68. The van der Waals surface area contributed by atoms with Crippen molar-refractivity contribution in [2.75, 3.05) is 19.6 Å². The summed E-state index contributed by atoms with van der Waals surface area (Å²) in [4.78, 5) is 2.30. The van der Waals surface area contributed by atoms with Gasteiger partial charge in [-0.05, 0) is 39.3 Å². The van der Waals surface area contributed by atoms with Gasteiger partial charge in [0, 0.05) is 12.6 Å². The summed E-state index contributed by atoms with van der Waals surface area (Å²) < 4.78 is 0. The maximum atomic E-state index is 9.37. The number of likely N-dealkylation sites (tertiary alicyclic amines) is 1. The quantitative estimate of drug-likeness (QED) is 0.638. The predicted molar refractivity (Wildman–Crippen MR) is 49.9 cm³/mol. The van der Waals surface area contributed by atoms with Crippen LogP contribution in [-0.2, 0) is 0 Å². The van der Waals surface area contributed by atoms with Crippen LogP contribution in [0.15, 0.2) is 0 Å². The molecule has 1 aliphatic rings. The van der Waals surface area contributed by atoms with Gasteiger partial charge in [-0.3, -0.25) is 0 Å². The van der Waals surface area contributed by atoms with Crippen LogP contribution in [-0.4, -0.2) is 41.8 Å². The van der Waals surface area contributed by atoms with Crippen LogP contribution in [0.2, 0.25) is 0 Å². The van der Waals surface area contributed by atoms with Gasteiger partial charge in [0.25, 0.3) is 0 Å². The molecule has 0 aliphatic carbocycles. The van der Waals surface area contributed by atoms with E-state index in [1.165, 1.54) is 0 Å². The highest BCUT2D eigenvalue weighted by Gasteiger charge is 2.16. The summed E-state index contributed by atoms with van der Waals surface area (Å²) in [5.41, 5.74) is 5.66. The third-order valence-electron chi connectivity index (χ3n) is 2.38. The molecule has 3 nitrogen and oxygen atoms in total. The fourth-order valence-corrected chi connectivity index (χ4v) is 1.62. The van der Waals surface area contributed by atoms with Gasteiger partial charge in [0.1, 0.15) is 0 Å². The number of nitrogens with two attached hydrogens (primary N) is 1. The number of nitrogens with zero attached hydrogens (tertiary/aromatic N) is 1. The molecule has 0 saturated carbocycles. The number of hydrogen-bond donors (Lipinski definition) is 2. The summed E-state index contributed by atoms with van der Waals surface area (Å²) in [5.74, 6) is 0. The molecule has 2 atom stereocenters. The van der Waals surface area contributed by atoms with Crippen molar-refractivity contribution >= 4 is 0 Å². The Hall–Kier alpha value is -0.120. The van der Waals surface area contributed by atoms with Gasteiger partial charge < -0.3 is 15.7 Å². The monoisotopic (exact) mass is 172 g/mol. The van der Waals surface area contributed by atoms with E-state index in [0.29, 0.717) is 0 Å². The van der Waals surface area contributed by atoms with E-state index < -0.39 is 0 Å². The van der Waals surface area contributed by atoms with E-state index in [2.05, 4.69) is 4.90 Å². The highest BCUT2D eigenvalue weighted by atomic mass is 16.3. The van der Waals surface area contributed by atoms with Crippen LogP contribution in [0.3, 0.4) is 0 Å². The van der Waals surface area contributed by atoms with Crippen molar-refractivity contribution in [3.63, 3.8) is 0 Å². The number of hydrogen-bond acceptors (Lipinski definition) is 3. The molecule has 3 N–H and O–H groups in total. The predicted octanol–water partition coefficient (Wildman–Crippen LogP) is 0.180. The van der Waals surface area contributed by atoms with Gasteiger partial charge in [0.05, 0.1) is 6.10 Å². The van der Waals surface area contributed by atoms with Crippen LogP contribution in [0.25, 0.3) is 0 Å². The molecule has 1 rings (SSSR count). The average molecular weight is 172 g/mol. The van der Waals surface area contributed by atoms with Crippen molar-refractivity contribution in [1.82, 2.24) is 4.90 Å². The summed E-state index contributed by atoms with van der Waals surface area (Å²) in [7, 11) is 0. The zero-order valence-corrected chi connectivity index (χ0v) is 7.87. The van der Waals surface area contributed by atoms with Crippen molar-refractivity contribution in [3.05, 3.63) is 0 Å². The number of aliphatic hydroxyl groups excluding tert-OH is 1. The molecule has 0 aromatic rings. The molecule has 0 amide bonds. The van der Waals surface area contributed by atoms with Crippen LogP contribution in [0, 0.1) is 0 Å². The first kappa shape index (κ1) is 9.96. The van der Waals surface area contributed by atoms with Gasteiger partial charge in [-0.2, -0.15) is 0 Å². The zero-order chi connectivity index (χ0) is 8.97. The number of aliphatic hydroxyl groups is 1. The second-order valence-corrected chi connectivity index (χ2v) is 3.86. The Morgan fingerprint density at radius 1 is 1.67 bits per heavy atom.